The van der Waals surface area contributed by atoms with E-state index in [1.807, 2.05) is 39.0 Å². The zero-order valence-electron chi connectivity index (χ0n) is 17.9. The molecule has 0 atom stereocenters. The Morgan fingerprint density at radius 1 is 1.10 bits per heavy atom. The van der Waals surface area contributed by atoms with Crippen LogP contribution in [0.15, 0.2) is 18.2 Å². The smallest absolute Gasteiger partial charge is 0.238 e. The third-order valence-electron chi connectivity index (χ3n) is 5.13. The van der Waals surface area contributed by atoms with Crippen LogP contribution >= 0.6 is 11.6 Å². The number of rotatable bonds is 5. The monoisotopic (exact) mass is 415 g/mol. The summed E-state index contributed by atoms with van der Waals surface area (Å²) >= 11 is 6.31. The fraction of sp³-hybridized carbons (Fsp3) is 0.500. The van der Waals surface area contributed by atoms with E-state index in [2.05, 4.69) is 33.9 Å². The molecule has 1 aromatic carbocycles. The molecule has 6 nitrogen and oxygen atoms in total. The number of halogens is 1. The van der Waals surface area contributed by atoms with Gasteiger partial charge in [0, 0.05) is 43.9 Å². The van der Waals surface area contributed by atoms with Gasteiger partial charge in [0.1, 0.15) is 11.6 Å². The fourth-order valence-electron chi connectivity index (χ4n) is 3.59. The van der Waals surface area contributed by atoms with Gasteiger partial charge >= 0.3 is 0 Å². The molecule has 1 amide bonds. The van der Waals surface area contributed by atoms with Crippen LogP contribution in [0.3, 0.4) is 0 Å². The van der Waals surface area contributed by atoms with Crippen molar-refractivity contribution in [3.63, 3.8) is 0 Å². The van der Waals surface area contributed by atoms with Crippen molar-refractivity contribution < 1.29 is 4.79 Å². The van der Waals surface area contributed by atoms with Crippen LogP contribution in [0.4, 0.5) is 11.5 Å². The number of nitrogens with zero attached hydrogens (tertiary/aromatic N) is 4. The first-order valence-electron chi connectivity index (χ1n) is 10.1. The number of aromatic nitrogens is 2. The Morgan fingerprint density at radius 3 is 2.41 bits per heavy atom. The van der Waals surface area contributed by atoms with Crippen LogP contribution in [-0.4, -0.2) is 53.5 Å². The maximum Gasteiger partial charge on any atom is 0.238 e. The lowest BCUT2D eigenvalue weighted by Gasteiger charge is -2.35. The molecule has 3 rings (SSSR count). The van der Waals surface area contributed by atoms with Gasteiger partial charge in [-0.3, -0.25) is 9.69 Å². The molecule has 1 aromatic heterocycles. The summed E-state index contributed by atoms with van der Waals surface area (Å²) in [5.41, 5.74) is 3.76. The number of piperazine rings is 1. The summed E-state index contributed by atoms with van der Waals surface area (Å²) in [4.78, 5) is 26.2. The van der Waals surface area contributed by atoms with E-state index in [0.717, 1.165) is 54.6 Å². The first kappa shape index (κ1) is 21.5. The first-order valence-corrected chi connectivity index (χ1v) is 10.5. The fourth-order valence-corrected chi connectivity index (χ4v) is 3.95. The molecule has 156 valence electrons. The van der Waals surface area contributed by atoms with Crippen molar-refractivity contribution in [2.24, 2.45) is 0 Å². The SMILES string of the molecule is Cc1cc(C)c(NC(=O)CN2CCN(c3cc(C)nc(C(C)C)n3)CC2)c(Cl)c1. The summed E-state index contributed by atoms with van der Waals surface area (Å²) in [5.74, 6) is 2.13. The van der Waals surface area contributed by atoms with Gasteiger partial charge in [-0.05, 0) is 38.0 Å². The van der Waals surface area contributed by atoms with Crippen molar-refractivity contribution in [1.82, 2.24) is 14.9 Å². The van der Waals surface area contributed by atoms with E-state index in [9.17, 15) is 4.79 Å². The predicted molar refractivity (Wildman–Crippen MR) is 119 cm³/mol. The van der Waals surface area contributed by atoms with E-state index in [4.69, 9.17) is 16.6 Å². The molecule has 0 saturated carbocycles. The van der Waals surface area contributed by atoms with Crippen molar-refractivity contribution in [3.05, 3.63) is 45.9 Å². The molecule has 2 heterocycles. The van der Waals surface area contributed by atoms with Gasteiger partial charge in [-0.25, -0.2) is 9.97 Å². The van der Waals surface area contributed by atoms with Crippen LogP contribution in [-0.2, 0) is 4.79 Å². The summed E-state index contributed by atoms with van der Waals surface area (Å²) < 4.78 is 0. The highest BCUT2D eigenvalue weighted by Crippen LogP contribution is 2.27. The van der Waals surface area contributed by atoms with Gasteiger partial charge in [0.15, 0.2) is 0 Å². The molecule has 1 aliphatic heterocycles. The van der Waals surface area contributed by atoms with Gasteiger partial charge in [-0.2, -0.15) is 0 Å². The van der Waals surface area contributed by atoms with Gasteiger partial charge in [-0.1, -0.05) is 31.5 Å². The molecule has 1 fully saturated rings. The zero-order valence-corrected chi connectivity index (χ0v) is 18.7. The van der Waals surface area contributed by atoms with Crippen molar-refractivity contribution in [3.8, 4) is 0 Å². The topological polar surface area (TPSA) is 61.4 Å². The number of nitrogens with one attached hydrogen (secondary N) is 1. The van der Waals surface area contributed by atoms with Gasteiger partial charge in [0.05, 0.1) is 17.3 Å². The number of anilines is 2. The highest BCUT2D eigenvalue weighted by Gasteiger charge is 2.21. The minimum absolute atomic E-state index is 0.0349. The number of amides is 1. The summed E-state index contributed by atoms with van der Waals surface area (Å²) in [5, 5.41) is 3.56. The minimum atomic E-state index is -0.0349. The van der Waals surface area contributed by atoms with E-state index in [0.29, 0.717) is 23.2 Å². The Hall–Kier alpha value is -2.18. The van der Waals surface area contributed by atoms with Crippen LogP contribution in [0.2, 0.25) is 5.02 Å². The molecule has 1 aliphatic rings. The van der Waals surface area contributed by atoms with E-state index in [-0.39, 0.29) is 5.91 Å². The predicted octanol–water partition coefficient (Wildman–Crippen LogP) is 3.94. The van der Waals surface area contributed by atoms with Crippen molar-refractivity contribution in [2.75, 3.05) is 42.9 Å². The largest absolute Gasteiger partial charge is 0.354 e. The van der Waals surface area contributed by atoms with Crippen molar-refractivity contribution >= 4 is 29.0 Å². The minimum Gasteiger partial charge on any atom is -0.354 e. The zero-order chi connectivity index (χ0) is 21.1. The van der Waals surface area contributed by atoms with Crippen molar-refractivity contribution in [1.29, 1.82) is 0 Å². The van der Waals surface area contributed by atoms with E-state index in [1.165, 1.54) is 0 Å². The number of benzene rings is 1. The average molecular weight is 416 g/mol. The summed E-state index contributed by atoms with van der Waals surface area (Å²) in [6.45, 7) is 13.8. The van der Waals surface area contributed by atoms with E-state index >= 15 is 0 Å². The number of aryl methyl sites for hydroxylation is 3. The molecular weight excluding hydrogens is 386 g/mol. The highest BCUT2D eigenvalue weighted by molar-refractivity contribution is 6.34. The number of carbonyl (C=O) groups is 1. The third-order valence-corrected chi connectivity index (χ3v) is 5.43. The van der Waals surface area contributed by atoms with Crippen molar-refractivity contribution in [2.45, 2.75) is 40.5 Å². The third kappa shape index (κ3) is 5.46. The second kappa shape index (κ2) is 9.09. The summed E-state index contributed by atoms with van der Waals surface area (Å²) in [7, 11) is 0. The van der Waals surface area contributed by atoms with Crippen LogP contribution < -0.4 is 10.2 Å². The standard InChI is InChI=1S/C22H30ClN5O/c1-14(2)22-24-17(5)12-19(25-22)28-8-6-27(7-9-28)13-20(29)26-21-16(4)10-15(3)11-18(21)23/h10-12,14H,6-9,13H2,1-5H3,(H,26,29). The second-order valence-electron chi connectivity index (χ2n) is 8.13. The molecule has 0 aliphatic carbocycles. The molecule has 0 radical (unpaired) electrons. The molecule has 29 heavy (non-hydrogen) atoms. The Morgan fingerprint density at radius 2 is 1.79 bits per heavy atom. The normalized spacial score (nSPS) is 15.1. The lowest BCUT2D eigenvalue weighted by molar-refractivity contribution is -0.117. The van der Waals surface area contributed by atoms with Gasteiger partial charge in [0.25, 0.3) is 0 Å². The van der Waals surface area contributed by atoms with Crippen LogP contribution in [0, 0.1) is 20.8 Å². The van der Waals surface area contributed by atoms with Crippen LogP contribution in [0.25, 0.3) is 0 Å². The van der Waals surface area contributed by atoms with E-state index in [1.54, 1.807) is 0 Å². The van der Waals surface area contributed by atoms with Gasteiger partial charge in [0.2, 0.25) is 5.91 Å². The van der Waals surface area contributed by atoms with Gasteiger partial charge in [-0.15, -0.1) is 0 Å². The average Bonchev–Trinajstić information content (AvgIpc) is 2.64. The van der Waals surface area contributed by atoms with Gasteiger partial charge < -0.3 is 10.2 Å². The molecule has 0 spiro atoms. The molecule has 1 N–H and O–H groups in total. The Labute approximate surface area is 178 Å². The Bertz CT molecular complexity index is 868. The van der Waals surface area contributed by atoms with Crippen LogP contribution in [0.5, 0.6) is 0 Å². The lowest BCUT2D eigenvalue weighted by atomic mass is 10.1. The molecule has 7 heteroatoms. The molecular formula is C22H30ClN5O. The molecule has 0 bridgehead atoms. The van der Waals surface area contributed by atoms with Crippen LogP contribution in [0.1, 0.15) is 42.4 Å². The highest BCUT2D eigenvalue weighted by atomic mass is 35.5. The quantitative estimate of drug-likeness (QED) is 0.801. The number of hydrogen-bond acceptors (Lipinski definition) is 5. The molecule has 1 saturated heterocycles. The lowest BCUT2D eigenvalue weighted by Crippen LogP contribution is -2.49. The Balaban J connectivity index is 1.57. The maximum absolute atomic E-state index is 12.5. The summed E-state index contributed by atoms with van der Waals surface area (Å²) in [6.07, 6.45) is 0. The second-order valence-corrected chi connectivity index (χ2v) is 8.54. The number of hydrogen-bond donors (Lipinski definition) is 1. The molecule has 0 unspecified atom stereocenters. The molecule has 2 aromatic rings. The summed E-state index contributed by atoms with van der Waals surface area (Å²) in [6, 6.07) is 5.93. The first-order chi connectivity index (χ1) is 13.7. The van der Waals surface area contributed by atoms with E-state index < -0.39 is 0 Å². The number of carbonyl (C=O) groups excluding carboxylic acids is 1. The maximum atomic E-state index is 12.5. The Kier molecular flexibility index (Phi) is 6.75.